The number of ether oxygens (including phenoxy) is 1. The second-order valence-electron chi connectivity index (χ2n) is 5.88. The second-order valence-corrected chi connectivity index (χ2v) is 6.79. The van der Waals surface area contributed by atoms with Gasteiger partial charge < -0.3 is 15.4 Å². The van der Waals surface area contributed by atoms with Gasteiger partial charge in [0.25, 0.3) is 0 Å². The quantitative estimate of drug-likeness (QED) is 0.700. The highest BCUT2D eigenvalue weighted by Gasteiger charge is 2.04. The topological polar surface area (TPSA) is 50.4 Å². The Labute approximate surface area is 151 Å². The molecular weight excluding hydrogens is 368 g/mol. The first-order valence-corrected chi connectivity index (χ1v) is 8.80. The Morgan fingerprint density at radius 3 is 2.50 bits per heavy atom. The van der Waals surface area contributed by atoms with E-state index in [1.54, 1.807) is 0 Å². The Morgan fingerprint density at radius 2 is 1.88 bits per heavy atom. The maximum Gasteiger partial charge on any atom is 0.226 e. The Bertz CT molecular complexity index is 684. The van der Waals surface area contributed by atoms with Crippen LogP contribution in [0.2, 0.25) is 0 Å². The van der Waals surface area contributed by atoms with Gasteiger partial charge in [0.2, 0.25) is 5.91 Å². The number of carbonyl (C=O) groups is 1. The van der Waals surface area contributed by atoms with Gasteiger partial charge in [-0.3, -0.25) is 4.79 Å². The van der Waals surface area contributed by atoms with Gasteiger partial charge in [-0.15, -0.1) is 0 Å². The lowest BCUT2D eigenvalue weighted by atomic mass is 10.2. The number of aryl methyl sites for hydroxylation is 1. The lowest BCUT2D eigenvalue weighted by molar-refractivity contribution is -0.115. The summed E-state index contributed by atoms with van der Waals surface area (Å²) in [7, 11) is 0. The van der Waals surface area contributed by atoms with E-state index in [1.807, 2.05) is 63.2 Å². The average molecular weight is 391 g/mol. The number of hydrogen-bond donors (Lipinski definition) is 2. The van der Waals surface area contributed by atoms with Crippen molar-refractivity contribution in [2.45, 2.75) is 33.3 Å². The van der Waals surface area contributed by atoms with Crippen LogP contribution in [0.5, 0.6) is 5.75 Å². The molecule has 0 aromatic heterocycles. The normalized spacial score (nSPS) is 10.5. The fraction of sp³-hybridized carbons (Fsp3) is 0.316. The molecule has 2 aromatic carbocycles. The predicted octanol–water partition coefficient (Wildman–Crippen LogP) is 4.99. The lowest BCUT2D eigenvalue weighted by Gasteiger charge is -2.11. The summed E-state index contributed by atoms with van der Waals surface area (Å²) in [5, 5.41) is 6.18. The molecule has 0 aliphatic heterocycles. The summed E-state index contributed by atoms with van der Waals surface area (Å²) < 4.78 is 6.63. The molecule has 5 heteroatoms. The van der Waals surface area contributed by atoms with E-state index in [9.17, 15) is 4.79 Å². The van der Waals surface area contributed by atoms with Gasteiger partial charge in [0, 0.05) is 28.8 Å². The van der Waals surface area contributed by atoms with Crippen LogP contribution in [0.15, 0.2) is 46.9 Å². The van der Waals surface area contributed by atoms with Gasteiger partial charge in [0.05, 0.1) is 6.10 Å². The van der Waals surface area contributed by atoms with E-state index >= 15 is 0 Å². The van der Waals surface area contributed by atoms with Crippen molar-refractivity contribution < 1.29 is 9.53 Å². The van der Waals surface area contributed by atoms with Crippen LogP contribution in [0.1, 0.15) is 25.8 Å². The molecule has 24 heavy (non-hydrogen) atoms. The highest BCUT2D eigenvalue weighted by Crippen LogP contribution is 2.20. The predicted molar refractivity (Wildman–Crippen MR) is 103 cm³/mol. The van der Waals surface area contributed by atoms with Gasteiger partial charge in [0.15, 0.2) is 0 Å². The van der Waals surface area contributed by atoms with Gasteiger partial charge >= 0.3 is 0 Å². The van der Waals surface area contributed by atoms with E-state index in [-0.39, 0.29) is 12.0 Å². The summed E-state index contributed by atoms with van der Waals surface area (Å²) in [6.07, 6.45) is 0.540. The zero-order chi connectivity index (χ0) is 17.5. The summed E-state index contributed by atoms with van der Waals surface area (Å²) in [6.45, 7) is 6.59. The molecule has 2 N–H and O–H groups in total. The first kappa shape index (κ1) is 18.3. The molecule has 0 atom stereocenters. The number of rotatable bonds is 7. The van der Waals surface area contributed by atoms with E-state index in [4.69, 9.17) is 4.74 Å². The first-order chi connectivity index (χ1) is 11.4. The average Bonchev–Trinajstić information content (AvgIpc) is 2.51. The van der Waals surface area contributed by atoms with E-state index in [1.165, 1.54) is 0 Å². The minimum absolute atomic E-state index is 0.0187. The zero-order valence-corrected chi connectivity index (χ0v) is 15.8. The van der Waals surface area contributed by atoms with Crippen LogP contribution < -0.4 is 15.4 Å². The number of benzene rings is 2. The number of halogens is 1. The van der Waals surface area contributed by atoms with Crippen molar-refractivity contribution >= 4 is 33.2 Å². The molecule has 0 unspecified atom stereocenters. The van der Waals surface area contributed by atoms with Crippen LogP contribution in [0, 0.1) is 6.92 Å². The molecule has 0 aliphatic rings. The second kappa shape index (κ2) is 8.73. The highest BCUT2D eigenvalue weighted by atomic mass is 79.9. The van der Waals surface area contributed by atoms with Crippen LogP contribution in [-0.2, 0) is 4.79 Å². The van der Waals surface area contributed by atoms with E-state index < -0.39 is 0 Å². The lowest BCUT2D eigenvalue weighted by Crippen LogP contribution is -2.16. The SMILES string of the molecule is Cc1cc(Br)ccc1NCCC(=O)Nc1ccc(OC(C)C)cc1. The molecule has 0 heterocycles. The van der Waals surface area contributed by atoms with Crippen molar-refractivity contribution in [3.05, 3.63) is 52.5 Å². The fourth-order valence-corrected chi connectivity index (χ4v) is 2.72. The zero-order valence-electron chi connectivity index (χ0n) is 14.2. The summed E-state index contributed by atoms with van der Waals surface area (Å²) >= 11 is 3.44. The van der Waals surface area contributed by atoms with Crippen molar-refractivity contribution in [1.82, 2.24) is 0 Å². The molecule has 1 amide bonds. The van der Waals surface area contributed by atoms with Crippen LogP contribution in [0.25, 0.3) is 0 Å². The molecule has 0 fully saturated rings. The first-order valence-electron chi connectivity index (χ1n) is 8.00. The van der Waals surface area contributed by atoms with E-state index in [2.05, 4.69) is 26.6 Å². The molecule has 128 valence electrons. The molecule has 4 nitrogen and oxygen atoms in total. The van der Waals surface area contributed by atoms with Crippen molar-refractivity contribution in [3.63, 3.8) is 0 Å². The number of anilines is 2. The molecular formula is C19H23BrN2O2. The van der Waals surface area contributed by atoms with E-state index in [0.29, 0.717) is 13.0 Å². The summed E-state index contributed by atoms with van der Waals surface area (Å²) in [5.74, 6) is 0.783. The Kier molecular flexibility index (Phi) is 6.67. The molecule has 2 aromatic rings. The summed E-state index contributed by atoms with van der Waals surface area (Å²) in [4.78, 5) is 12.0. The van der Waals surface area contributed by atoms with Crippen molar-refractivity contribution in [2.24, 2.45) is 0 Å². The molecule has 0 aliphatic carbocycles. The smallest absolute Gasteiger partial charge is 0.226 e. The monoisotopic (exact) mass is 390 g/mol. The molecule has 2 rings (SSSR count). The molecule has 0 bridgehead atoms. The highest BCUT2D eigenvalue weighted by molar-refractivity contribution is 9.10. The van der Waals surface area contributed by atoms with Gasteiger partial charge in [-0.1, -0.05) is 15.9 Å². The fourth-order valence-electron chi connectivity index (χ4n) is 2.25. The third kappa shape index (κ3) is 5.89. The molecule has 0 radical (unpaired) electrons. The Hall–Kier alpha value is -2.01. The maximum absolute atomic E-state index is 12.0. The molecule has 0 saturated carbocycles. The number of hydrogen-bond acceptors (Lipinski definition) is 3. The van der Waals surface area contributed by atoms with Crippen molar-refractivity contribution in [3.8, 4) is 5.75 Å². The largest absolute Gasteiger partial charge is 0.491 e. The van der Waals surface area contributed by atoms with Crippen LogP contribution in [0.4, 0.5) is 11.4 Å². The van der Waals surface area contributed by atoms with Gasteiger partial charge in [-0.2, -0.15) is 0 Å². The van der Waals surface area contributed by atoms with Crippen LogP contribution in [0.3, 0.4) is 0 Å². The number of amides is 1. The third-order valence-electron chi connectivity index (χ3n) is 3.37. The summed E-state index contributed by atoms with van der Waals surface area (Å²) in [5.41, 5.74) is 2.96. The summed E-state index contributed by atoms with van der Waals surface area (Å²) in [6, 6.07) is 13.5. The Balaban J connectivity index is 1.78. The standard InChI is InChI=1S/C19H23BrN2O2/c1-13(2)24-17-7-5-16(6-8-17)22-19(23)10-11-21-18-9-4-15(20)12-14(18)3/h4-9,12-13,21H,10-11H2,1-3H3,(H,22,23). The van der Waals surface area contributed by atoms with Crippen LogP contribution >= 0.6 is 15.9 Å². The van der Waals surface area contributed by atoms with Gasteiger partial charge in [-0.25, -0.2) is 0 Å². The minimum atomic E-state index is -0.0187. The van der Waals surface area contributed by atoms with Crippen LogP contribution in [-0.4, -0.2) is 18.6 Å². The van der Waals surface area contributed by atoms with Crippen molar-refractivity contribution in [1.29, 1.82) is 0 Å². The van der Waals surface area contributed by atoms with Gasteiger partial charge in [-0.05, 0) is 68.8 Å². The Morgan fingerprint density at radius 1 is 1.17 bits per heavy atom. The van der Waals surface area contributed by atoms with Gasteiger partial charge in [0.1, 0.15) is 5.75 Å². The number of carbonyl (C=O) groups excluding carboxylic acids is 1. The number of nitrogens with one attached hydrogen (secondary N) is 2. The van der Waals surface area contributed by atoms with E-state index in [0.717, 1.165) is 27.2 Å². The maximum atomic E-state index is 12.0. The third-order valence-corrected chi connectivity index (χ3v) is 3.86. The minimum Gasteiger partial charge on any atom is -0.491 e. The molecule has 0 spiro atoms. The van der Waals surface area contributed by atoms with Crippen molar-refractivity contribution in [2.75, 3.05) is 17.2 Å². The molecule has 0 saturated heterocycles.